The predicted octanol–water partition coefficient (Wildman–Crippen LogP) is -0.186. The Kier molecular flexibility index (Phi) is 7.41. The number of carbonyl (C=O) groups excluding carboxylic acids is 3. The Bertz CT molecular complexity index is 643. The highest BCUT2D eigenvalue weighted by Gasteiger charge is 2.14. The molecule has 2 N–H and O–H groups in total. The van der Waals surface area contributed by atoms with E-state index < -0.39 is 17.8 Å². The number of carbonyl (C=O) groups is 3. The summed E-state index contributed by atoms with van der Waals surface area (Å²) >= 11 is 0. The van der Waals surface area contributed by atoms with Gasteiger partial charge in [0.15, 0.2) is 0 Å². The van der Waals surface area contributed by atoms with Gasteiger partial charge in [0.2, 0.25) is 0 Å². The van der Waals surface area contributed by atoms with Gasteiger partial charge < -0.3 is 20.0 Å². The van der Waals surface area contributed by atoms with E-state index in [1.165, 1.54) is 18.3 Å². The van der Waals surface area contributed by atoms with Crippen molar-refractivity contribution in [1.29, 1.82) is 0 Å². The van der Waals surface area contributed by atoms with Crippen molar-refractivity contribution < 1.29 is 24.2 Å². The van der Waals surface area contributed by atoms with Gasteiger partial charge in [-0.2, -0.15) is 5.10 Å². The molecule has 1 rings (SSSR count). The molecule has 0 saturated heterocycles. The number of ether oxygens (including phenoxy) is 1. The first kappa shape index (κ1) is 19.1. The maximum absolute atomic E-state index is 11.5. The van der Waals surface area contributed by atoms with Crippen LogP contribution in [0.2, 0.25) is 0 Å². The van der Waals surface area contributed by atoms with Gasteiger partial charge >= 0.3 is 11.8 Å². The van der Waals surface area contributed by atoms with Crippen LogP contribution in [0.3, 0.4) is 0 Å². The summed E-state index contributed by atoms with van der Waals surface area (Å²) in [5.74, 6) is -2.89. The van der Waals surface area contributed by atoms with Crippen molar-refractivity contribution in [3.63, 3.8) is 0 Å². The van der Waals surface area contributed by atoms with Crippen LogP contribution in [0.25, 0.3) is 0 Å². The standard InChI is InChI=1S/C16H21N3O5/c1-4-10(3)18-14(20)15(21)19-17-9-11-6-7-13(24-5-2)12(8-11)16(22)23/h6-10H,4-5H2,1-3H3,(H,18,20)(H,19,21)(H,22,23)/p-1/b17-9-/t10-/m0/s1. The average Bonchev–Trinajstić information content (AvgIpc) is 2.55. The molecular weight excluding hydrogens is 314 g/mol. The van der Waals surface area contributed by atoms with E-state index in [1.54, 1.807) is 19.9 Å². The van der Waals surface area contributed by atoms with Crippen molar-refractivity contribution in [2.45, 2.75) is 33.2 Å². The lowest BCUT2D eigenvalue weighted by Gasteiger charge is -2.11. The zero-order chi connectivity index (χ0) is 18.1. The fraction of sp³-hybridized carbons (Fsp3) is 0.375. The lowest BCUT2D eigenvalue weighted by Crippen LogP contribution is -2.41. The van der Waals surface area contributed by atoms with E-state index in [0.29, 0.717) is 18.6 Å². The molecule has 0 aliphatic heterocycles. The molecular formula is C16H20N3O5-. The highest BCUT2D eigenvalue weighted by atomic mass is 16.5. The van der Waals surface area contributed by atoms with Crippen LogP contribution in [0.4, 0.5) is 0 Å². The summed E-state index contributed by atoms with van der Waals surface area (Å²) in [5.41, 5.74) is 2.35. The van der Waals surface area contributed by atoms with E-state index in [4.69, 9.17) is 4.74 Å². The molecule has 0 saturated carbocycles. The Labute approximate surface area is 139 Å². The van der Waals surface area contributed by atoms with Gasteiger partial charge in [0.1, 0.15) is 5.75 Å². The Balaban J connectivity index is 2.73. The van der Waals surface area contributed by atoms with Crippen LogP contribution in [0, 0.1) is 0 Å². The molecule has 8 nitrogen and oxygen atoms in total. The largest absolute Gasteiger partial charge is 0.545 e. The topological polar surface area (TPSA) is 120 Å². The van der Waals surface area contributed by atoms with Gasteiger partial charge in [0.25, 0.3) is 0 Å². The molecule has 1 aromatic carbocycles. The molecule has 130 valence electrons. The second kappa shape index (κ2) is 9.29. The lowest BCUT2D eigenvalue weighted by molar-refractivity contribution is -0.255. The molecule has 0 bridgehead atoms. The highest BCUT2D eigenvalue weighted by molar-refractivity contribution is 6.35. The van der Waals surface area contributed by atoms with E-state index in [1.807, 2.05) is 6.92 Å². The number of aromatic carboxylic acids is 1. The first-order chi connectivity index (χ1) is 11.4. The summed E-state index contributed by atoms with van der Waals surface area (Å²) in [6, 6.07) is 4.21. The Morgan fingerprint density at radius 1 is 1.29 bits per heavy atom. The minimum atomic E-state index is -1.38. The van der Waals surface area contributed by atoms with Crippen molar-refractivity contribution in [3.05, 3.63) is 29.3 Å². The van der Waals surface area contributed by atoms with Gasteiger partial charge in [-0.15, -0.1) is 0 Å². The second-order valence-corrected chi connectivity index (χ2v) is 4.96. The summed E-state index contributed by atoms with van der Waals surface area (Å²) in [4.78, 5) is 34.1. The van der Waals surface area contributed by atoms with Crippen LogP contribution >= 0.6 is 0 Å². The van der Waals surface area contributed by atoms with Crippen molar-refractivity contribution >= 4 is 24.0 Å². The summed E-state index contributed by atoms with van der Waals surface area (Å²) in [5, 5.41) is 17.2. The lowest BCUT2D eigenvalue weighted by atomic mass is 10.1. The van der Waals surface area contributed by atoms with Crippen molar-refractivity contribution in [1.82, 2.24) is 10.7 Å². The van der Waals surface area contributed by atoms with Crippen LogP contribution in [0.15, 0.2) is 23.3 Å². The molecule has 0 heterocycles. The first-order valence-electron chi connectivity index (χ1n) is 7.51. The maximum Gasteiger partial charge on any atom is 0.329 e. The number of nitrogens with one attached hydrogen (secondary N) is 2. The molecule has 0 radical (unpaired) electrons. The zero-order valence-corrected chi connectivity index (χ0v) is 13.8. The smallest absolute Gasteiger partial charge is 0.329 e. The van der Waals surface area contributed by atoms with E-state index in [9.17, 15) is 19.5 Å². The maximum atomic E-state index is 11.5. The minimum Gasteiger partial charge on any atom is -0.545 e. The fourth-order valence-corrected chi connectivity index (χ4v) is 1.68. The second-order valence-electron chi connectivity index (χ2n) is 4.96. The predicted molar refractivity (Wildman–Crippen MR) is 85.6 cm³/mol. The summed E-state index contributed by atoms with van der Waals surface area (Å²) < 4.78 is 5.19. The molecule has 0 aliphatic rings. The van der Waals surface area contributed by atoms with Crippen molar-refractivity contribution in [2.75, 3.05) is 6.61 Å². The number of hydrogen-bond acceptors (Lipinski definition) is 6. The highest BCUT2D eigenvalue weighted by Crippen LogP contribution is 2.18. The number of hydrazone groups is 1. The molecule has 8 heteroatoms. The van der Waals surface area contributed by atoms with Crippen LogP contribution in [-0.4, -0.2) is 36.6 Å². The normalized spacial score (nSPS) is 11.8. The summed E-state index contributed by atoms with van der Waals surface area (Å²) in [7, 11) is 0. The Hall–Kier alpha value is -2.90. The molecule has 24 heavy (non-hydrogen) atoms. The Morgan fingerprint density at radius 3 is 2.58 bits per heavy atom. The van der Waals surface area contributed by atoms with Crippen LogP contribution < -0.4 is 20.6 Å². The number of hydrogen-bond donors (Lipinski definition) is 2. The number of amides is 2. The number of carboxylic acid groups (broad SMARTS) is 1. The van der Waals surface area contributed by atoms with Crippen LogP contribution in [-0.2, 0) is 9.59 Å². The molecule has 0 unspecified atom stereocenters. The third-order valence-electron chi connectivity index (χ3n) is 3.10. The van der Waals surface area contributed by atoms with E-state index >= 15 is 0 Å². The van der Waals surface area contributed by atoms with E-state index in [-0.39, 0.29) is 17.4 Å². The van der Waals surface area contributed by atoms with Crippen molar-refractivity contribution in [3.8, 4) is 5.75 Å². The monoisotopic (exact) mass is 334 g/mol. The zero-order valence-electron chi connectivity index (χ0n) is 13.8. The number of nitrogens with zero attached hydrogens (tertiary/aromatic N) is 1. The molecule has 1 aromatic rings. The van der Waals surface area contributed by atoms with Crippen LogP contribution in [0.5, 0.6) is 5.75 Å². The molecule has 0 aliphatic carbocycles. The van der Waals surface area contributed by atoms with E-state index in [2.05, 4.69) is 15.8 Å². The number of carboxylic acids is 1. The third kappa shape index (κ3) is 5.71. The number of benzene rings is 1. The first-order valence-corrected chi connectivity index (χ1v) is 7.51. The SMILES string of the molecule is CCOc1ccc(/C=N\NC(=O)C(=O)N[C@@H](C)CC)cc1C(=O)[O-]. The Morgan fingerprint density at radius 2 is 2.00 bits per heavy atom. The molecule has 0 fully saturated rings. The average molecular weight is 334 g/mol. The van der Waals surface area contributed by atoms with Crippen LogP contribution in [0.1, 0.15) is 43.1 Å². The molecule has 2 amide bonds. The molecule has 0 aromatic heterocycles. The molecule has 0 spiro atoms. The van der Waals surface area contributed by atoms with Gasteiger partial charge in [0, 0.05) is 11.6 Å². The van der Waals surface area contributed by atoms with Gasteiger partial charge in [0.05, 0.1) is 18.8 Å². The molecule has 1 atom stereocenters. The summed E-state index contributed by atoms with van der Waals surface area (Å²) in [6.07, 6.45) is 1.91. The summed E-state index contributed by atoms with van der Waals surface area (Å²) in [6.45, 7) is 5.70. The van der Waals surface area contributed by atoms with Gasteiger partial charge in [-0.1, -0.05) is 6.92 Å². The van der Waals surface area contributed by atoms with Crippen molar-refractivity contribution in [2.24, 2.45) is 5.10 Å². The van der Waals surface area contributed by atoms with Gasteiger partial charge in [-0.25, -0.2) is 5.43 Å². The van der Waals surface area contributed by atoms with E-state index in [0.717, 1.165) is 0 Å². The van der Waals surface area contributed by atoms with Gasteiger partial charge in [-0.05, 0) is 44.0 Å². The fourth-order valence-electron chi connectivity index (χ4n) is 1.68. The minimum absolute atomic E-state index is 0.121. The third-order valence-corrected chi connectivity index (χ3v) is 3.10. The number of rotatable bonds is 7. The quantitative estimate of drug-likeness (QED) is 0.407. The van der Waals surface area contributed by atoms with Gasteiger partial charge in [-0.3, -0.25) is 9.59 Å².